The summed E-state index contributed by atoms with van der Waals surface area (Å²) >= 11 is 0. The molecule has 3 heterocycles. The van der Waals surface area contributed by atoms with E-state index in [1.165, 1.54) is 0 Å². The van der Waals surface area contributed by atoms with Gasteiger partial charge in [0, 0.05) is 31.2 Å². The summed E-state index contributed by atoms with van der Waals surface area (Å²) in [5.41, 5.74) is 0. The molecule has 2 aliphatic heterocycles. The molecule has 1 aromatic heterocycles. The Morgan fingerprint density at radius 2 is 1.42 bits per heavy atom. The maximum Gasteiger partial charge on any atom is 0.134 e. The maximum atomic E-state index is 9.73. The zero-order chi connectivity index (χ0) is 17.1. The van der Waals surface area contributed by atoms with Crippen LogP contribution in [0.1, 0.15) is 52.4 Å². The van der Waals surface area contributed by atoms with Gasteiger partial charge in [0.2, 0.25) is 0 Å². The fraction of sp³-hybridized carbons (Fsp3) is 0.778. The summed E-state index contributed by atoms with van der Waals surface area (Å²) in [6, 6.07) is 2.81. The Hall–Kier alpha value is -1.40. The number of nitrogens with zero attached hydrogens (tertiary/aromatic N) is 4. The van der Waals surface area contributed by atoms with Crippen LogP contribution in [0, 0.1) is 0 Å². The van der Waals surface area contributed by atoms with Crippen LogP contribution in [0.15, 0.2) is 12.4 Å². The van der Waals surface area contributed by atoms with Crippen LogP contribution < -0.4 is 9.80 Å². The van der Waals surface area contributed by atoms with Crippen molar-refractivity contribution in [2.45, 2.75) is 76.7 Å². The lowest BCUT2D eigenvalue weighted by Gasteiger charge is -2.29. The summed E-state index contributed by atoms with van der Waals surface area (Å²) in [4.78, 5) is 13.6. The molecule has 0 aromatic carbocycles. The van der Waals surface area contributed by atoms with Crippen LogP contribution in [0.2, 0.25) is 0 Å². The molecule has 2 fully saturated rings. The van der Waals surface area contributed by atoms with E-state index in [1.54, 1.807) is 6.33 Å². The van der Waals surface area contributed by atoms with E-state index in [0.29, 0.717) is 12.1 Å². The molecule has 24 heavy (non-hydrogen) atoms. The highest BCUT2D eigenvalue weighted by atomic mass is 16.3. The van der Waals surface area contributed by atoms with E-state index in [9.17, 15) is 10.2 Å². The molecular formula is C18H30N4O2. The zero-order valence-electron chi connectivity index (χ0n) is 14.8. The second-order valence-electron chi connectivity index (χ2n) is 7.38. The van der Waals surface area contributed by atoms with Gasteiger partial charge < -0.3 is 20.0 Å². The molecule has 6 nitrogen and oxygen atoms in total. The molecule has 2 N–H and O–H groups in total. The van der Waals surface area contributed by atoms with Crippen molar-refractivity contribution in [3.63, 3.8) is 0 Å². The van der Waals surface area contributed by atoms with Gasteiger partial charge in [-0.2, -0.15) is 0 Å². The van der Waals surface area contributed by atoms with Crippen LogP contribution in [0.4, 0.5) is 11.6 Å². The second-order valence-corrected chi connectivity index (χ2v) is 7.38. The van der Waals surface area contributed by atoms with Gasteiger partial charge in [-0.1, -0.05) is 0 Å². The van der Waals surface area contributed by atoms with Gasteiger partial charge in [0.1, 0.15) is 18.0 Å². The molecule has 0 amide bonds. The number of anilines is 2. The molecule has 4 atom stereocenters. The minimum Gasteiger partial charge on any atom is -0.393 e. The first-order valence-electron chi connectivity index (χ1n) is 9.26. The minimum atomic E-state index is -0.286. The van der Waals surface area contributed by atoms with E-state index in [0.717, 1.165) is 63.3 Å². The van der Waals surface area contributed by atoms with Crippen molar-refractivity contribution in [2.75, 3.05) is 22.9 Å². The molecular weight excluding hydrogens is 304 g/mol. The number of hydrogen-bond acceptors (Lipinski definition) is 6. The van der Waals surface area contributed by atoms with Gasteiger partial charge in [-0.05, 0) is 52.4 Å². The first kappa shape index (κ1) is 17.4. The molecule has 2 aliphatic rings. The molecule has 6 heteroatoms. The Morgan fingerprint density at radius 1 is 0.958 bits per heavy atom. The van der Waals surface area contributed by atoms with Gasteiger partial charge in [-0.3, -0.25) is 0 Å². The summed E-state index contributed by atoms with van der Waals surface area (Å²) in [5.74, 6) is 1.93. The van der Waals surface area contributed by atoms with E-state index in [2.05, 4.69) is 25.8 Å². The highest BCUT2D eigenvalue weighted by Crippen LogP contribution is 2.31. The molecule has 2 saturated heterocycles. The number of rotatable bonds is 6. The van der Waals surface area contributed by atoms with Crippen LogP contribution in [0.25, 0.3) is 0 Å². The summed E-state index contributed by atoms with van der Waals surface area (Å²) in [7, 11) is 0. The third kappa shape index (κ3) is 3.98. The molecule has 0 saturated carbocycles. The first-order valence-corrected chi connectivity index (χ1v) is 9.26. The summed E-state index contributed by atoms with van der Waals surface area (Å²) < 4.78 is 0. The largest absolute Gasteiger partial charge is 0.393 e. The smallest absolute Gasteiger partial charge is 0.134 e. The van der Waals surface area contributed by atoms with Crippen molar-refractivity contribution in [1.29, 1.82) is 0 Å². The van der Waals surface area contributed by atoms with E-state index in [4.69, 9.17) is 0 Å². The highest BCUT2D eigenvalue weighted by Gasteiger charge is 2.30. The molecule has 0 bridgehead atoms. The molecule has 0 spiro atoms. The number of aromatic nitrogens is 2. The van der Waals surface area contributed by atoms with Crippen LogP contribution in [-0.2, 0) is 0 Å². The average molecular weight is 334 g/mol. The Morgan fingerprint density at radius 3 is 1.83 bits per heavy atom. The van der Waals surface area contributed by atoms with Crippen LogP contribution in [0.3, 0.4) is 0 Å². The first-order chi connectivity index (χ1) is 11.5. The molecule has 0 aliphatic carbocycles. The molecule has 1 aromatic rings. The van der Waals surface area contributed by atoms with Gasteiger partial charge in [0.05, 0.1) is 12.2 Å². The van der Waals surface area contributed by atoms with Gasteiger partial charge in [0.25, 0.3) is 0 Å². The molecule has 134 valence electrons. The number of hydrogen-bond donors (Lipinski definition) is 2. The Bertz CT molecular complexity index is 494. The second kappa shape index (κ2) is 7.66. The summed E-state index contributed by atoms with van der Waals surface area (Å²) in [6.07, 6.45) is 7.16. The average Bonchev–Trinajstić information content (AvgIpc) is 3.15. The van der Waals surface area contributed by atoms with Crippen molar-refractivity contribution >= 4 is 11.6 Å². The van der Waals surface area contributed by atoms with Gasteiger partial charge in [0.15, 0.2) is 0 Å². The fourth-order valence-corrected chi connectivity index (χ4v) is 4.20. The Balaban J connectivity index is 1.76. The lowest BCUT2D eigenvalue weighted by atomic mass is 10.1. The van der Waals surface area contributed by atoms with Crippen molar-refractivity contribution in [3.8, 4) is 0 Å². The van der Waals surface area contributed by atoms with Gasteiger partial charge in [-0.15, -0.1) is 0 Å². The summed E-state index contributed by atoms with van der Waals surface area (Å²) in [6.45, 7) is 5.69. The minimum absolute atomic E-state index is 0.286. The van der Waals surface area contributed by atoms with E-state index in [1.807, 2.05) is 13.8 Å². The van der Waals surface area contributed by atoms with E-state index < -0.39 is 0 Å². The third-order valence-corrected chi connectivity index (χ3v) is 5.21. The van der Waals surface area contributed by atoms with E-state index in [-0.39, 0.29) is 12.2 Å². The fourth-order valence-electron chi connectivity index (χ4n) is 4.20. The quantitative estimate of drug-likeness (QED) is 0.828. The van der Waals surface area contributed by atoms with Gasteiger partial charge in [-0.25, -0.2) is 9.97 Å². The van der Waals surface area contributed by atoms with Crippen LogP contribution >= 0.6 is 0 Å². The van der Waals surface area contributed by atoms with Crippen molar-refractivity contribution in [1.82, 2.24) is 9.97 Å². The monoisotopic (exact) mass is 334 g/mol. The Kier molecular flexibility index (Phi) is 5.56. The molecule has 4 unspecified atom stereocenters. The van der Waals surface area contributed by atoms with Gasteiger partial charge >= 0.3 is 0 Å². The normalized spacial score (nSPS) is 26.8. The Labute approximate surface area is 144 Å². The SMILES string of the molecule is CC(O)CC1CCCN1c1cc(N2CCCC2CC(C)O)ncn1. The van der Waals surface area contributed by atoms with Crippen molar-refractivity contribution in [2.24, 2.45) is 0 Å². The standard InChI is InChI=1S/C18H30N4O2/c1-13(23)9-15-5-3-7-21(15)17-11-18(20-12-19-17)22-8-4-6-16(22)10-14(2)24/h11-16,23-24H,3-10H2,1-2H3. The number of aliphatic hydroxyl groups is 2. The van der Waals surface area contributed by atoms with Crippen LogP contribution in [-0.4, -0.2) is 57.6 Å². The zero-order valence-corrected chi connectivity index (χ0v) is 14.8. The predicted molar refractivity (Wildman–Crippen MR) is 95.4 cm³/mol. The topological polar surface area (TPSA) is 72.7 Å². The van der Waals surface area contributed by atoms with Crippen LogP contribution in [0.5, 0.6) is 0 Å². The third-order valence-electron chi connectivity index (χ3n) is 5.21. The lowest BCUT2D eigenvalue weighted by Crippen LogP contribution is -2.34. The van der Waals surface area contributed by atoms with E-state index >= 15 is 0 Å². The lowest BCUT2D eigenvalue weighted by molar-refractivity contribution is 0.174. The summed E-state index contributed by atoms with van der Waals surface area (Å²) in [5, 5.41) is 19.5. The highest BCUT2D eigenvalue weighted by molar-refractivity contribution is 5.52. The van der Waals surface area contributed by atoms with Crippen molar-refractivity contribution in [3.05, 3.63) is 12.4 Å². The molecule has 0 radical (unpaired) electrons. The predicted octanol–water partition coefficient (Wildman–Crippen LogP) is 1.96. The van der Waals surface area contributed by atoms with Crippen molar-refractivity contribution < 1.29 is 10.2 Å². The maximum absolute atomic E-state index is 9.73. The number of aliphatic hydroxyl groups excluding tert-OH is 2. The molecule has 3 rings (SSSR count).